The summed E-state index contributed by atoms with van der Waals surface area (Å²) in [4.78, 5) is 26.9. The molecule has 0 saturated carbocycles. The van der Waals surface area contributed by atoms with Crippen LogP contribution < -0.4 is 5.32 Å². The molecule has 6 heteroatoms. The van der Waals surface area contributed by atoms with Gasteiger partial charge in [0.15, 0.2) is 0 Å². The Hall–Kier alpha value is -1.82. The molecule has 100 valence electrons. The fourth-order valence-electron chi connectivity index (χ4n) is 1.62. The van der Waals surface area contributed by atoms with Gasteiger partial charge in [0.05, 0.1) is 5.04 Å². The number of aliphatic carboxylic acids is 1. The van der Waals surface area contributed by atoms with Crippen LogP contribution in [0.25, 0.3) is 0 Å². The smallest absolute Gasteiger partial charge is 0.325 e. The second kappa shape index (κ2) is 5.88. The van der Waals surface area contributed by atoms with Gasteiger partial charge in [-0.2, -0.15) is 0 Å². The van der Waals surface area contributed by atoms with Crippen molar-refractivity contribution in [2.24, 2.45) is 4.99 Å². The van der Waals surface area contributed by atoms with E-state index < -0.39 is 18.1 Å². The largest absolute Gasteiger partial charge is 0.480 e. The van der Waals surface area contributed by atoms with Crippen LogP contribution in [0, 0.1) is 0 Å². The van der Waals surface area contributed by atoms with Crippen molar-refractivity contribution in [2.45, 2.75) is 19.0 Å². The van der Waals surface area contributed by atoms with Gasteiger partial charge >= 0.3 is 5.97 Å². The van der Waals surface area contributed by atoms with Crippen LogP contribution in [0.5, 0.6) is 0 Å². The van der Waals surface area contributed by atoms with Crippen LogP contribution in [0.2, 0.25) is 0 Å². The summed E-state index contributed by atoms with van der Waals surface area (Å²) in [5.41, 5.74) is 0.981. The molecule has 2 N–H and O–H groups in total. The highest BCUT2D eigenvalue weighted by Crippen LogP contribution is 2.23. The number of aliphatic imine (C=N–C) groups is 1. The lowest BCUT2D eigenvalue weighted by molar-refractivity contribution is -0.141. The van der Waals surface area contributed by atoms with Crippen LogP contribution in [0.15, 0.2) is 35.3 Å². The van der Waals surface area contributed by atoms with Crippen LogP contribution in [-0.2, 0) is 9.59 Å². The molecule has 0 radical (unpaired) electrons. The maximum Gasteiger partial charge on any atom is 0.325 e. The molecule has 19 heavy (non-hydrogen) atoms. The monoisotopic (exact) mass is 278 g/mol. The first-order valence-electron chi connectivity index (χ1n) is 5.87. The fourth-order valence-corrected chi connectivity index (χ4v) is 2.66. The second-order valence-corrected chi connectivity index (χ2v) is 5.20. The molecule has 2 rings (SSSR count). The van der Waals surface area contributed by atoms with Crippen molar-refractivity contribution >= 4 is 28.7 Å². The van der Waals surface area contributed by atoms with Crippen molar-refractivity contribution in [1.82, 2.24) is 5.32 Å². The normalized spacial score (nSPS) is 19.6. The number of rotatable bonds is 4. The van der Waals surface area contributed by atoms with E-state index in [9.17, 15) is 9.59 Å². The van der Waals surface area contributed by atoms with E-state index in [2.05, 4.69) is 10.3 Å². The topological polar surface area (TPSA) is 78.8 Å². The summed E-state index contributed by atoms with van der Waals surface area (Å²) in [7, 11) is 0. The summed E-state index contributed by atoms with van der Waals surface area (Å²) in [6.45, 7) is 1.43. The summed E-state index contributed by atoms with van der Waals surface area (Å²) in [6.07, 6.45) is 0. The van der Waals surface area contributed by atoms with E-state index in [-0.39, 0.29) is 5.91 Å². The van der Waals surface area contributed by atoms with Gasteiger partial charge in [-0.25, -0.2) is 0 Å². The van der Waals surface area contributed by atoms with E-state index in [0.29, 0.717) is 5.75 Å². The quantitative estimate of drug-likeness (QED) is 0.865. The van der Waals surface area contributed by atoms with E-state index in [1.54, 1.807) is 0 Å². The molecular formula is C13H14N2O3S. The number of carboxylic acid groups (broad SMARTS) is 1. The highest BCUT2D eigenvalue weighted by molar-refractivity contribution is 8.14. The predicted octanol–water partition coefficient (Wildman–Crippen LogP) is 1.14. The van der Waals surface area contributed by atoms with Crippen LogP contribution in [-0.4, -0.2) is 39.9 Å². The van der Waals surface area contributed by atoms with Crippen LogP contribution >= 0.6 is 11.8 Å². The summed E-state index contributed by atoms with van der Waals surface area (Å²) >= 11 is 1.51. The predicted molar refractivity (Wildman–Crippen MR) is 74.5 cm³/mol. The van der Waals surface area contributed by atoms with Crippen molar-refractivity contribution in [3.05, 3.63) is 35.9 Å². The Bertz CT molecular complexity index is 516. The molecule has 0 saturated heterocycles. The first kappa shape index (κ1) is 13.6. The summed E-state index contributed by atoms with van der Waals surface area (Å²) in [6, 6.07) is 8.22. The molecule has 1 aliphatic rings. The Morgan fingerprint density at radius 1 is 1.42 bits per heavy atom. The maximum absolute atomic E-state index is 11.8. The first-order valence-corrected chi connectivity index (χ1v) is 6.85. The third-order valence-corrected chi connectivity index (χ3v) is 3.80. The number of carbonyl (C=O) groups excluding carboxylic acids is 1. The van der Waals surface area contributed by atoms with Gasteiger partial charge in [0.1, 0.15) is 12.1 Å². The molecule has 0 spiro atoms. The third kappa shape index (κ3) is 3.35. The van der Waals surface area contributed by atoms with Crippen molar-refractivity contribution in [3.63, 3.8) is 0 Å². The van der Waals surface area contributed by atoms with Crippen LogP contribution in [0.4, 0.5) is 0 Å². The fraction of sp³-hybridized carbons (Fsp3) is 0.308. The lowest BCUT2D eigenvalue weighted by atomic mass is 10.2. The van der Waals surface area contributed by atoms with Gasteiger partial charge in [0.25, 0.3) is 0 Å². The van der Waals surface area contributed by atoms with Gasteiger partial charge in [-0.3, -0.25) is 14.6 Å². The number of nitrogens with zero attached hydrogens (tertiary/aromatic N) is 1. The lowest BCUT2D eigenvalue weighted by Crippen LogP contribution is -2.43. The van der Waals surface area contributed by atoms with Crippen molar-refractivity contribution in [1.29, 1.82) is 0 Å². The van der Waals surface area contributed by atoms with Gasteiger partial charge in [-0.05, 0) is 6.92 Å². The molecular weight excluding hydrogens is 264 g/mol. The number of nitrogens with one attached hydrogen (secondary N) is 1. The highest BCUT2D eigenvalue weighted by atomic mass is 32.2. The Morgan fingerprint density at radius 3 is 2.74 bits per heavy atom. The number of amides is 1. The van der Waals surface area contributed by atoms with E-state index in [0.717, 1.165) is 10.6 Å². The molecule has 5 nitrogen and oxygen atoms in total. The molecule has 0 aliphatic carbocycles. The molecule has 0 aromatic heterocycles. The standard InChI is InChI=1S/C13H14N2O3S/c1-8(13(17)18)14-11(16)10-7-19-12(15-10)9-5-3-2-4-6-9/h2-6,8,10H,7H2,1H3,(H,14,16)(H,17,18)/t8-,10+/m0/s1. The van der Waals surface area contributed by atoms with E-state index in [4.69, 9.17) is 5.11 Å². The molecule has 2 atom stereocenters. The summed E-state index contributed by atoms with van der Waals surface area (Å²) < 4.78 is 0. The Morgan fingerprint density at radius 2 is 2.11 bits per heavy atom. The van der Waals surface area contributed by atoms with E-state index in [1.165, 1.54) is 18.7 Å². The maximum atomic E-state index is 11.8. The number of hydrogen-bond donors (Lipinski definition) is 2. The third-order valence-electron chi connectivity index (χ3n) is 2.70. The molecule has 1 amide bonds. The molecule has 0 fully saturated rings. The van der Waals surface area contributed by atoms with Gasteiger partial charge in [-0.1, -0.05) is 30.3 Å². The van der Waals surface area contributed by atoms with Gasteiger partial charge in [0, 0.05) is 11.3 Å². The molecule has 0 unspecified atom stereocenters. The summed E-state index contributed by atoms with van der Waals surface area (Å²) in [5, 5.41) is 12.0. The van der Waals surface area contributed by atoms with E-state index in [1.807, 2.05) is 30.3 Å². The Labute approximate surface area is 115 Å². The van der Waals surface area contributed by atoms with Crippen molar-refractivity contribution < 1.29 is 14.7 Å². The molecule has 1 heterocycles. The van der Waals surface area contributed by atoms with Crippen molar-refractivity contribution in [2.75, 3.05) is 5.75 Å². The average Bonchev–Trinajstić information content (AvgIpc) is 2.89. The van der Waals surface area contributed by atoms with Gasteiger partial charge in [-0.15, -0.1) is 11.8 Å². The molecule has 1 aliphatic heterocycles. The molecule has 1 aromatic carbocycles. The number of carbonyl (C=O) groups is 2. The zero-order valence-corrected chi connectivity index (χ0v) is 11.2. The Kier molecular flexibility index (Phi) is 4.21. The van der Waals surface area contributed by atoms with E-state index >= 15 is 0 Å². The SMILES string of the molecule is C[C@H](NC(=O)[C@H]1CSC(c2ccccc2)=N1)C(=O)O. The molecule has 1 aromatic rings. The second-order valence-electron chi connectivity index (χ2n) is 4.20. The average molecular weight is 278 g/mol. The number of benzene rings is 1. The van der Waals surface area contributed by atoms with Crippen LogP contribution in [0.1, 0.15) is 12.5 Å². The van der Waals surface area contributed by atoms with Gasteiger partial charge in [0.2, 0.25) is 5.91 Å². The number of carboxylic acids is 1. The van der Waals surface area contributed by atoms with Gasteiger partial charge < -0.3 is 10.4 Å². The molecule has 0 bridgehead atoms. The minimum Gasteiger partial charge on any atom is -0.480 e. The summed E-state index contributed by atoms with van der Waals surface area (Å²) in [5.74, 6) is -0.845. The first-order chi connectivity index (χ1) is 9.08. The lowest BCUT2D eigenvalue weighted by Gasteiger charge is -2.11. The minimum atomic E-state index is -1.05. The number of thioether (sulfide) groups is 1. The minimum absolute atomic E-state index is 0.340. The zero-order chi connectivity index (χ0) is 13.8. The highest BCUT2D eigenvalue weighted by Gasteiger charge is 2.27. The zero-order valence-electron chi connectivity index (χ0n) is 10.4. The van der Waals surface area contributed by atoms with Crippen molar-refractivity contribution in [3.8, 4) is 0 Å². The van der Waals surface area contributed by atoms with Crippen LogP contribution in [0.3, 0.4) is 0 Å². The Balaban J connectivity index is 2.03. The number of hydrogen-bond acceptors (Lipinski definition) is 4.